The number of ether oxygens (including phenoxy) is 1. The number of hydrogen-bond acceptors (Lipinski definition) is 5. The van der Waals surface area contributed by atoms with E-state index in [4.69, 9.17) is 4.74 Å². The fourth-order valence-corrected chi connectivity index (χ4v) is 2.60. The molecule has 0 heterocycles. The van der Waals surface area contributed by atoms with Gasteiger partial charge in [-0.25, -0.2) is 0 Å². The van der Waals surface area contributed by atoms with Crippen molar-refractivity contribution in [1.29, 1.82) is 0 Å². The summed E-state index contributed by atoms with van der Waals surface area (Å²) in [5.41, 5.74) is 5.70. The Bertz CT molecular complexity index is 766. The number of rotatable bonds is 8. The molecule has 3 amide bonds. The maximum atomic E-state index is 11.7. The number of carbonyl (C=O) groups is 3. The van der Waals surface area contributed by atoms with E-state index in [-0.39, 0.29) is 24.8 Å². The minimum atomic E-state index is -0.531. The predicted octanol–water partition coefficient (Wildman–Crippen LogP) is 1.43. The van der Waals surface area contributed by atoms with Crippen LogP contribution < -0.4 is 20.9 Å². The molecule has 0 aliphatic carbocycles. The Morgan fingerprint density at radius 3 is 2.26 bits per heavy atom. The molecule has 2 aromatic carbocycles. The Morgan fingerprint density at radius 1 is 0.889 bits per heavy atom. The zero-order valence-corrected chi connectivity index (χ0v) is 15.7. The minimum Gasteiger partial charge on any atom is -0.484 e. The fraction of sp³-hybridized carbons (Fsp3) is 0.211. The van der Waals surface area contributed by atoms with E-state index in [1.807, 2.05) is 37.3 Å². The van der Waals surface area contributed by atoms with E-state index in [1.54, 1.807) is 24.3 Å². The van der Waals surface area contributed by atoms with E-state index in [2.05, 4.69) is 16.2 Å². The first-order valence-electron chi connectivity index (χ1n) is 8.24. The van der Waals surface area contributed by atoms with Crippen LogP contribution in [0.5, 0.6) is 5.75 Å². The number of amides is 3. The van der Waals surface area contributed by atoms with E-state index in [9.17, 15) is 14.4 Å². The largest absolute Gasteiger partial charge is 0.484 e. The third kappa shape index (κ3) is 8.28. The summed E-state index contributed by atoms with van der Waals surface area (Å²) in [6, 6.07) is 16.7. The SMILES string of the molecule is Cc1ccc(SCC(=O)NNC(=O)CNC(=O)COc2ccccc2)cc1. The molecule has 142 valence electrons. The highest BCUT2D eigenvalue weighted by atomic mass is 32.2. The molecule has 0 aliphatic heterocycles. The summed E-state index contributed by atoms with van der Waals surface area (Å²) in [7, 11) is 0. The van der Waals surface area contributed by atoms with E-state index >= 15 is 0 Å². The second-order valence-corrected chi connectivity index (χ2v) is 6.63. The topological polar surface area (TPSA) is 96.5 Å². The number of hydrogen-bond donors (Lipinski definition) is 3. The highest BCUT2D eigenvalue weighted by molar-refractivity contribution is 8.00. The smallest absolute Gasteiger partial charge is 0.258 e. The molecule has 2 rings (SSSR count). The van der Waals surface area contributed by atoms with Crippen LogP contribution >= 0.6 is 11.8 Å². The number of hydrazine groups is 1. The molecule has 7 nitrogen and oxygen atoms in total. The van der Waals surface area contributed by atoms with Gasteiger partial charge in [-0.15, -0.1) is 11.8 Å². The molecule has 0 spiro atoms. The first kappa shape index (κ1) is 20.3. The van der Waals surface area contributed by atoms with Gasteiger partial charge in [0.05, 0.1) is 12.3 Å². The zero-order chi connectivity index (χ0) is 19.5. The molecule has 0 bridgehead atoms. The van der Waals surface area contributed by atoms with E-state index in [1.165, 1.54) is 11.8 Å². The molecule has 0 saturated carbocycles. The van der Waals surface area contributed by atoms with Gasteiger partial charge in [0.15, 0.2) is 6.61 Å². The van der Waals surface area contributed by atoms with Crippen molar-refractivity contribution < 1.29 is 19.1 Å². The molecule has 0 fully saturated rings. The first-order chi connectivity index (χ1) is 13.0. The van der Waals surface area contributed by atoms with E-state index in [0.717, 1.165) is 10.5 Å². The molecule has 3 N–H and O–H groups in total. The fourth-order valence-electron chi connectivity index (χ4n) is 1.90. The lowest BCUT2D eigenvalue weighted by Crippen LogP contribution is -2.47. The summed E-state index contributed by atoms with van der Waals surface area (Å²) in [4.78, 5) is 36.0. The normalized spacial score (nSPS) is 9.96. The average molecular weight is 387 g/mol. The van der Waals surface area contributed by atoms with Crippen LogP contribution in [0.3, 0.4) is 0 Å². The molecular formula is C19H21N3O4S. The van der Waals surface area contributed by atoms with Crippen molar-refractivity contribution in [1.82, 2.24) is 16.2 Å². The molecule has 0 radical (unpaired) electrons. The second-order valence-electron chi connectivity index (χ2n) is 5.58. The van der Waals surface area contributed by atoms with Crippen molar-refractivity contribution in [2.45, 2.75) is 11.8 Å². The van der Waals surface area contributed by atoms with Crippen LogP contribution in [-0.4, -0.2) is 36.6 Å². The van der Waals surface area contributed by atoms with Gasteiger partial charge in [-0.3, -0.25) is 25.2 Å². The summed E-state index contributed by atoms with van der Waals surface area (Å²) < 4.78 is 5.26. The lowest BCUT2D eigenvalue weighted by Gasteiger charge is -2.09. The first-order valence-corrected chi connectivity index (χ1v) is 9.23. The second kappa shape index (κ2) is 10.9. The summed E-state index contributed by atoms with van der Waals surface area (Å²) >= 11 is 1.36. The standard InChI is InChI=1S/C19H21N3O4S/c1-14-7-9-16(10-8-14)27-13-19(25)22-21-17(23)11-20-18(24)12-26-15-5-3-2-4-6-15/h2-10H,11-13H2,1H3,(H,20,24)(H,21,23)(H,22,25). The summed E-state index contributed by atoms with van der Waals surface area (Å²) in [5.74, 6) is -0.573. The Kier molecular flexibility index (Phi) is 8.18. The van der Waals surface area contributed by atoms with E-state index < -0.39 is 11.8 Å². The molecule has 0 atom stereocenters. The average Bonchev–Trinajstić information content (AvgIpc) is 2.69. The summed E-state index contributed by atoms with van der Waals surface area (Å²) in [5, 5.41) is 2.41. The van der Waals surface area contributed by atoms with Crippen LogP contribution in [0.2, 0.25) is 0 Å². The van der Waals surface area contributed by atoms with Crippen molar-refractivity contribution in [3.8, 4) is 5.75 Å². The van der Waals surface area contributed by atoms with Crippen LogP contribution in [0, 0.1) is 6.92 Å². The molecular weight excluding hydrogens is 366 g/mol. The minimum absolute atomic E-state index is 0.167. The maximum absolute atomic E-state index is 11.7. The lowest BCUT2D eigenvalue weighted by molar-refractivity contribution is -0.129. The molecule has 0 unspecified atom stereocenters. The lowest BCUT2D eigenvalue weighted by atomic mass is 10.2. The summed E-state index contributed by atoms with van der Waals surface area (Å²) in [6.45, 7) is 1.53. The summed E-state index contributed by atoms with van der Waals surface area (Å²) in [6.07, 6.45) is 0. The molecule has 0 aliphatic rings. The molecule has 0 saturated heterocycles. The van der Waals surface area contributed by atoms with E-state index in [0.29, 0.717) is 5.75 Å². The molecule has 27 heavy (non-hydrogen) atoms. The number of thioether (sulfide) groups is 1. The van der Waals surface area contributed by atoms with Crippen molar-refractivity contribution >= 4 is 29.5 Å². The van der Waals surface area contributed by atoms with Crippen molar-refractivity contribution in [2.24, 2.45) is 0 Å². The Balaban J connectivity index is 1.57. The van der Waals surface area contributed by atoms with Gasteiger partial charge in [-0.1, -0.05) is 35.9 Å². The number of nitrogens with one attached hydrogen (secondary N) is 3. The van der Waals surface area contributed by atoms with Gasteiger partial charge in [-0.2, -0.15) is 0 Å². The highest BCUT2D eigenvalue weighted by Crippen LogP contribution is 2.17. The third-order valence-electron chi connectivity index (χ3n) is 3.29. The van der Waals surface area contributed by atoms with Gasteiger partial charge in [0, 0.05) is 4.90 Å². The van der Waals surface area contributed by atoms with Crippen LogP contribution in [0.1, 0.15) is 5.56 Å². The molecule has 2 aromatic rings. The number of aryl methyl sites for hydroxylation is 1. The maximum Gasteiger partial charge on any atom is 0.258 e. The zero-order valence-electron chi connectivity index (χ0n) is 14.9. The van der Waals surface area contributed by atoms with Crippen molar-refractivity contribution in [2.75, 3.05) is 18.9 Å². The molecule has 0 aromatic heterocycles. The Morgan fingerprint density at radius 2 is 1.56 bits per heavy atom. The predicted molar refractivity (Wildman–Crippen MR) is 103 cm³/mol. The van der Waals surface area contributed by atoms with Crippen LogP contribution in [-0.2, 0) is 14.4 Å². The Labute approximate surface area is 161 Å². The quantitative estimate of drug-likeness (QED) is 0.470. The Hall–Kier alpha value is -3.00. The number of para-hydroxylation sites is 1. The van der Waals surface area contributed by atoms with Gasteiger partial charge >= 0.3 is 0 Å². The van der Waals surface area contributed by atoms with Gasteiger partial charge in [0.25, 0.3) is 11.8 Å². The highest BCUT2D eigenvalue weighted by Gasteiger charge is 2.08. The van der Waals surface area contributed by atoms with Gasteiger partial charge in [0.1, 0.15) is 5.75 Å². The van der Waals surface area contributed by atoms with Crippen molar-refractivity contribution in [3.05, 3.63) is 60.2 Å². The van der Waals surface area contributed by atoms with Crippen LogP contribution in [0.25, 0.3) is 0 Å². The third-order valence-corrected chi connectivity index (χ3v) is 4.30. The number of carbonyl (C=O) groups excluding carboxylic acids is 3. The van der Waals surface area contributed by atoms with Crippen LogP contribution in [0.4, 0.5) is 0 Å². The monoisotopic (exact) mass is 387 g/mol. The number of benzene rings is 2. The van der Waals surface area contributed by atoms with Crippen molar-refractivity contribution in [3.63, 3.8) is 0 Å². The van der Waals surface area contributed by atoms with Gasteiger partial charge < -0.3 is 10.1 Å². The molecule has 8 heteroatoms. The van der Waals surface area contributed by atoms with Crippen LogP contribution in [0.15, 0.2) is 59.5 Å². The van der Waals surface area contributed by atoms with Gasteiger partial charge in [-0.05, 0) is 31.2 Å². The van der Waals surface area contributed by atoms with Gasteiger partial charge in [0.2, 0.25) is 5.91 Å².